The lowest BCUT2D eigenvalue weighted by Gasteiger charge is -2.17. The fourth-order valence-corrected chi connectivity index (χ4v) is 2.67. The van der Waals surface area contributed by atoms with Crippen LogP contribution < -0.4 is 5.32 Å². The molecule has 4 atom stereocenters. The normalized spacial score (nSPS) is 28.6. The molecule has 0 spiro atoms. The minimum Gasteiger partial charge on any atom is -0.394 e. The Morgan fingerprint density at radius 3 is 2.73 bits per heavy atom. The second-order valence-electron chi connectivity index (χ2n) is 5.71. The predicted octanol–water partition coefficient (Wildman–Crippen LogP) is -0.137. The highest BCUT2D eigenvalue weighted by Gasteiger charge is 2.43. The lowest BCUT2D eigenvalue weighted by molar-refractivity contribution is -0.0508. The molecular weight excluding hydrogens is 288 g/mol. The van der Waals surface area contributed by atoms with Gasteiger partial charge in [0.15, 0.2) is 6.23 Å². The Morgan fingerprint density at radius 1 is 1.32 bits per heavy atom. The second-order valence-corrected chi connectivity index (χ2v) is 5.71. The van der Waals surface area contributed by atoms with Crippen LogP contribution in [-0.2, 0) is 4.74 Å². The molecule has 0 saturated carbocycles. The van der Waals surface area contributed by atoms with Crippen molar-refractivity contribution < 1.29 is 20.1 Å². The molecule has 8 heteroatoms. The van der Waals surface area contributed by atoms with E-state index in [1.165, 1.54) is 6.33 Å². The maximum absolute atomic E-state index is 10.1. The van der Waals surface area contributed by atoms with Gasteiger partial charge in [-0.3, -0.25) is 0 Å². The summed E-state index contributed by atoms with van der Waals surface area (Å²) in [5.41, 5.74) is 0.591. The van der Waals surface area contributed by atoms with Crippen molar-refractivity contribution in [2.45, 2.75) is 44.4 Å². The van der Waals surface area contributed by atoms with Gasteiger partial charge in [0.05, 0.1) is 12.0 Å². The minimum atomic E-state index is -1.14. The van der Waals surface area contributed by atoms with Crippen LogP contribution in [0, 0.1) is 0 Å². The monoisotopic (exact) mass is 308 g/mol. The quantitative estimate of drug-likeness (QED) is 0.622. The van der Waals surface area contributed by atoms with Crippen molar-refractivity contribution in [1.82, 2.24) is 14.5 Å². The Balaban J connectivity index is 1.99. The molecule has 8 nitrogen and oxygen atoms in total. The van der Waals surface area contributed by atoms with Crippen LogP contribution in [0.15, 0.2) is 18.6 Å². The van der Waals surface area contributed by atoms with Crippen LogP contribution in [0.4, 0.5) is 5.82 Å². The number of nitrogens with one attached hydrogen (secondary N) is 1. The first-order valence-electron chi connectivity index (χ1n) is 7.23. The molecule has 0 amide bonds. The highest BCUT2D eigenvalue weighted by atomic mass is 16.6. The van der Waals surface area contributed by atoms with E-state index < -0.39 is 24.5 Å². The Labute approximate surface area is 127 Å². The van der Waals surface area contributed by atoms with E-state index in [-0.39, 0.29) is 12.6 Å². The number of hydrogen-bond donors (Lipinski definition) is 4. The SMILES string of the molecule is CC(C)Nc1ncnc2c1ccn2[C@@H]1O[C@H](CO)[C@@H](O)[C@H]1O. The number of fused-ring (bicyclic) bond motifs is 1. The number of rotatable bonds is 4. The lowest BCUT2D eigenvalue weighted by Crippen LogP contribution is -2.33. The summed E-state index contributed by atoms with van der Waals surface area (Å²) in [5.74, 6) is 0.700. The van der Waals surface area contributed by atoms with E-state index in [9.17, 15) is 15.3 Å². The van der Waals surface area contributed by atoms with E-state index in [2.05, 4.69) is 15.3 Å². The van der Waals surface area contributed by atoms with Gasteiger partial charge in [-0.05, 0) is 19.9 Å². The van der Waals surface area contributed by atoms with E-state index >= 15 is 0 Å². The molecule has 1 fully saturated rings. The fraction of sp³-hybridized carbons (Fsp3) is 0.571. The van der Waals surface area contributed by atoms with Crippen LogP contribution in [0.2, 0.25) is 0 Å². The zero-order valence-corrected chi connectivity index (χ0v) is 12.4. The molecule has 0 bridgehead atoms. The van der Waals surface area contributed by atoms with Gasteiger partial charge in [0.25, 0.3) is 0 Å². The van der Waals surface area contributed by atoms with Gasteiger partial charge < -0.3 is 29.9 Å². The largest absolute Gasteiger partial charge is 0.394 e. The molecule has 22 heavy (non-hydrogen) atoms. The third-order valence-electron chi connectivity index (χ3n) is 3.73. The Morgan fingerprint density at radius 2 is 2.09 bits per heavy atom. The molecule has 0 unspecified atom stereocenters. The minimum absolute atomic E-state index is 0.218. The molecule has 3 heterocycles. The molecule has 0 aliphatic carbocycles. The number of nitrogens with zero attached hydrogens (tertiary/aromatic N) is 3. The summed E-state index contributed by atoms with van der Waals surface area (Å²) in [4.78, 5) is 8.46. The van der Waals surface area contributed by atoms with E-state index in [0.717, 1.165) is 5.39 Å². The van der Waals surface area contributed by atoms with Crippen LogP contribution in [-0.4, -0.2) is 60.8 Å². The lowest BCUT2D eigenvalue weighted by atomic mass is 10.1. The number of aromatic nitrogens is 3. The maximum atomic E-state index is 10.1. The van der Waals surface area contributed by atoms with Crippen LogP contribution in [0.3, 0.4) is 0 Å². The van der Waals surface area contributed by atoms with Crippen molar-refractivity contribution in [3.8, 4) is 0 Å². The zero-order chi connectivity index (χ0) is 15.9. The van der Waals surface area contributed by atoms with Gasteiger partial charge in [0.2, 0.25) is 0 Å². The Kier molecular flexibility index (Phi) is 4.00. The van der Waals surface area contributed by atoms with Crippen molar-refractivity contribution in [1.29, 1.82) is 0 Å². The third kappa shape index (κ3) is 2.44. The third-order valence-corrected chi connectivity index (χ3v) is 3.73. The van der Waals surface area contributed by atoms with Crippen LogP contribution in [0.5, 0.6) is 0 Å². The number of aliphatic hydroxyl groups is 3. The van der Waals surface area contributed by atoms with Gasteiger partial charge in [-0.2, -0.15) is 0 Å². The summed E-state index contributed by atoms with van der Waals surface area (Å²) < 4.78 is 7.19. The van der Waals surface area contributed by atoms with Gasteiger partial charge in [0.1, 0.15) is 36.1 Å². The van der Waals surface area contributed by atoms with Crippen molar-refractivity contribution in [2.24, 2.45) is 0 Å². The van der Waals surface area contributed by atoms with E-state index in [4.69, 9.17) is 4.74 Å². The van der Waals surface area contributed by atoms with Crippen molar-refractivity contribution in [3.63, 3.8) is 0 Å². The first-order valence-corrected chi connectivity index (χ1v) is 7.23. The summed E-state index contributed by atoms with van der Waals surface area (Å²) in [7, 11) is 0. The molecule has 1 saturated heterocycles. The second kappa shape index (κ2) is 5.81. The van der Waals surface area contributed by atoms with Gasteiger partial charge in [-0.25, -0.2) is 9.97 Å². The molecule has 0 aromatic carbocycles. The Bertz CT molecular complexity index is 659. The molecule has 3 rings (SSSR count). The van der Waals surface area contributed by atoms with E-state index in [0.29, 0.717) is 11.5 Å². The summed E-state index contributed by atoms with van der Waals surface area (Å²) in [6.45, 7) is 3.66. The van der Waals surface area contributed by atoms with Crippen molar-refractivity contribution in [3.05, 3.63) is 18.6 Å². The van der Waals surface area contributed by atoms with Crippen LogP contribution >= 0.6 is 0 Å². The summed E-state index contributed by atoms with van der Waals surface area (Å²) in [6, 6.07) is 2.05. The van der Waals surface area contributed by atoms with Crippen molar-refractivity contribution >= 4 is 16.9 Å². The molecular formula is C14H20N4O4. The number of ether oxygens (including phenoxy) is 1. The fourth-order valence-electron chi connectivity index (χ4n) is 2.67. The number of anilines is 1. The van der Waals surface area contributed by atoms with Crippen molar-refractivity contribution in [2.75, 3.05) is 11.9 Å². The average Bonchev–Trinajstić information content (AvgIpc) is 3.02. The highest BCUT2D eigenvalue weighted by Crippen LogP contribution is 2.33. The molecule has 1 aliphatic heterocycles. The molecule has 120 valence electrons. The Hall–Kier alpha value is -1.74. The maximum Gasteiger partial charge on any atom is 0.164 e. The van der Waals surface area contributed by atoms with Gasteiger partial charge >= 0.3 is 0 Å². The summed E-state index contributed by atoms with van der Waals surface area (Å²) in [5, 5.41) is 33.2. The first-order chi connectivity index (χ1) is 10.5. The first kappa shape index (κ1) is 15.2. The highest BCUT2D eigenvalue weighted by molar-refractivity contribution is 5.87. The number of hydrogen-bond acceptors (Lipinski definition) is 7. The van der Waals surface area contributed by atoms with Crippen LogP contribution in [0.1, 0.15) is 20.1 Å². The number of aliphatic hydroxyl groups excluding tert-OH is 3. The molecule has 2 aromatic rings. The average molecular weight is 308 g/mol. The standard InChI is InChI=1S/C14H20N4O4/c1-7(2)17-12-8-3-4-18(13(8)16-6-15-12)14-11(21)10(20)9(5-19)22-14/h3-4,6-7,9-11,14,19-21H,5H2,1-2H3,(H,15,16,17)/t9-,10-,11-,14-/m1/s1. The molecule has 0 radical (unpaired) electrons. The van der Waals surface area contributed by atoms with Gasteiger partial charge in [0, 0.05) is 12.2 Å². The van der Waals surface area contributed by atoms with E-state index in [1.807, 2.05) is 19.9 Å². The summed E-state index contributed by atoms with van der Waals surface area (Å²) in [6.07, 6.45) is -0.721. The molecule has 1 aliphatic rings. The van der Waals surface area contributed by atoms with Crippen LogP contribution in [0.25, 0.3) is 11.0 Å². The molecule has 2 aromatic heterocycles. The van der Waals surface area contributed by atoms with Gasteiger partial charge in [-0.15, -0.1) is 0 Å². The van der Waals surface area contributed by atoms with Gasteiger partial charge in [-0.1, -0.05) is 0 Å². The topological polar surface area (TPSA) is 113 Å². The molecule has 4 N–H and O–H groups in total. The smallest absolute Gasteiger partial charge is 0.164 e. The summed E-state index contributed by atoms with van der Waals surface area (Å²) >= 11 is 0. The van der Waals surface area contributed by atoms with E-state index in [1.54, 1.807) is 10.8 Å². The zero-order valence-electron chi connectivity index (χ0n) is 12.4. The predicted molar refractivity (Wildman–Crippen MR) is 79.3 cm³/mol.